The molecule has 0 aliphatic carbocycles. The summed E-state index contributed by atoms with van der Waals surface area (Å²) in [6.45, 7) is 3.30. The predicted molar refractivity (Wildman–Crippen MR) is 116 cm³/mol. The topological polar surface area (TPSA) is 76.0 Å². The van der Waals surface area contributed by atoms with Crippen molar-refractivity contribution in [3.63, 3.8) is 0 Å². The summed E-state index contributed by atoms with van der Waals surface area (Å²) in [6.07, 6.45) is 0.724. The molecule has 0 spiro atoms. The summed E-state index contributed by atoms with van der Waals surface area (Å²) in [5.41, 5.74) is 2.99. The number of hydrogen-bond donors (Lipinski definition) is 2. The van der Waals surface area contributed by atoms with Crippen LogP contribution in [0.25, 0.3) is 0 Å². The molecule has 5 nitrogen and oxygen atoms in total. The molecule has 0 amide bonds. The monoisotopic (exact) mass is 438 g/mol. The average Bonchev–Trinajstić information content (AvgIpc) is 2.68. The Morgan fingerprint density at radius 3 is 2.55 bits per heavy atom. The quantitative estimate of drug-likeness (QED) is 0.624. The zero-order valence-corrected chi connectivity index (χ0v) is 18.4. The highest BCUT2D eigenvalue weighted by Gasteiger charge is 2.29. The molecule has 3 atom stereocenters. The Kier molecular flexibility index (Phi) is 7.42. The lowest BCUT2D eigenvalue weighted by molar-refractivity contribution is -0.113. The highest BCUT2D eigenvalue weighted by molar-refractivity contribution is 7.62. The van der Waals surface area contributed by atoms with Crippen LogP contribution in [0.1, 0.15) is 35.6 Å². The molecule has 3 rings (SSSR count). The van der Waals surface area contributed by atoms with Crippen LogP contribution in [-0.2, 0) is 15.7 Å². The van der Waals surface area contributed by atoms with E-state index in [4.69, 9.17) is 21.1 Å². The Labute approximate surface area is 177 Å². The summed E-state index contributed by atoms with van der Waals surface area (Å²) < 4.78 is 23.3. The molecule has 1 heterocycles. The lowest BCUT2D eigenvalue weighted by Crippen LogP contribution is -2.33. The van der Waals surface area contributed by atoms with Gasteiger partial charge in [0.25, 0.3) is 0 Å². The molecule has 158 valence electrons. The molecule has 7 heteroatoms. The molecular formula is C22H28ClO5P. The van der Waals surface area contributed by atoms with Crippen molar-refractivity contribution in [2.45, 2.75) is 37.6 Å². The molecule has 2 N–H and O–H groups in total. The highest BCUT2D eigenvalue weighted by Crippen LogP contribution is 2.36. The molecule has 3 unspecified atom stereocenters. The Morgan fingerprint density at radius 1 is 1.17 bits per heavy atom. The standard InChI is InChI=1S/C22H28ClO5P/c1-29(2,26)14-27-19-6-3-15(4-7-19)9-17-10-16(5-8-21(17)23)22-12-18(25)11-20(13-24)28-22/h3-8,10,18,20,22,24-25H,9,11-14H2,1-2H3. The second-order valence-corrected chi connectivity index (χ2v) is 11.9. The Morgan fingerprint density at radius 2 is 1.90 bits per heavy atom. The van der Waals surface area contributed by atoms with Gasteiger partial charge in [0.1, 0.15) is 19.2 Å². The lowest BCUT2D eigenvalue weighted by atomic mass is 9.94. The minimum Gasteiger partial charge on any atom is -0.486 e. The molecule has 2 aromatic rings. The highest BCUT2D eigenvalue weighted by atomic mass is 35.5. The van der Waals surface area contributed by atoms with Gasteiger partial charge in [-0.25, -0.2) is 0 Å². The van der Waals surface area contributed by atoms with E-state index in [1.807, 2.05) is 42.5 Å². The van der Waals surface area contributed by atoms with Gasteiger partial charge in [0.15, 0.2) is 0 Å². The number of halogens is 1. The minimum atomic E-state index is -2.22. The summed E-state index contributed by atoms with van der Waals surface area (Å²) in [4.78, 5) is 0. The van der Waals surface area contributed by atoms with E-state index >= 15 is 0 Å². The fourth-order valence-electron chi connectivity index (χ4n) is 3.41. The maximum absolute atomic E-state index is 11.8. The molecule has 1 saturated heterocycles. The van der Waals surface area contributed by atoms with Gasteiger partial charge in [0, 0.05) is 17.9 Å². The molecular weight excluding hydrogens is 411 g/mol. The number of ether oxygens (including phenoxy) is 2. The third kappa shape index (κ3) is 6.56. The van der Waals surface area contributed by atoms with Gasteiger partial charge in [-0.3, -0.25) is 0 Å². The Hall–Kier alpha value is -1.36. The van der Waals surface area contributed by atoms with Gasteiger partial charge in [-0.05, 0) is 54.6 Å². The normalized spacial score (nSPS) is 22.4. The zero-order chi connectivity index (χ0) is 21.0. The van der Waals surface area contributed by atoms with Gasteiger partial charge >= 0.3 is 0 Å². The Balaban J connectivity index is 1.71. The molecule has 0 radical (unpaired) electrons. The van der Waals surface area contributed by atoms with E-state index in [2.05, 4.69) is 0 Å². The van der Waals surface area contributed by atoms with E-state index in [0.29, 0.717) is 30.0 Å². The largest absolute Gasteiger partial charge is 0.486 e. The van der Waals surface area contributed by atoms with Gasteiger partial charge in [0.05, 0.1) is 24.9 Å². The van der Waals surface area contributed by atoms with E-state index < -0.39 is 13.2 Å². The molecule has 29 heavy (non-hydrogen) atoms. The van der Waals surface area contributed by atoms with Crippen molar-refractivity contribution >= 4 is 18.7 Å². The van der Waals surface area contributed by atoms with Crippen LogP contribution in [0, 0.1) is 0 Å². The number of benzene rings is 2. The minimum absolute atomic E-state index is 0.103. The van der Waals surface area contributed by atoms with Crippen LogP contribution in [-0.4, -0.2) is 48.7 Å². The summed E-state index contributed by atoms with van der Waals surface area (Å²) >= 11 is 6.41. The summed E-state index contributed by atoms with van der Waals surface area (Å²) in [7, 11) is -2.22. The first-order chi connectivity index (χ1) is 13.7. The van der Waals surface area contributed by atoms with E-state index in [1.165, 1.54) is 0 Å². The number of hydrogen-bond acceptors (Lipinski definition) is 5. The van der Waals surface area contributed by atoms with Crippen LogP contribution in [0.3, 0.4) is 0 Å². The molecule has 1 aliphatic heterocycles. The van der Waals surface area contributed by atoms with Gasteiger partial charge in [-0.2, -0.15) is 0 Å². The van der Waals surface area contributed by atoms with Gasteiger partial charge in [0.2, 0.25) is 0 Å². The van der Waals surface area contributed by atoms with E-state index in [1.54, 1.807) is 13.3 Å². The van der Waals surface area contributed by atoms with E-state index in [-0.39, 0.29) is 25.2 Å². The lowest BCUT2D eigenvalue weighted by Gasteiger charge is -2.32. The molecule has 0 bridgehead atoms. The second kappa shape index (κ2) is 9.63. The van der Waals surface area contributed by atoms with Crippen molar-refractivity contribution in [1.29, 1.82) is 0 Å². The summed E-state index contributed by atoms with van der Waals surface area (Å²) in [5.74, 6) is 0.692. The fourth-order valence-corrected chi connectivity index (χ4v) is 4.05. The van der Waals surface area contributed by atoms with Crippen molar-refractivity contribution < 1.29 is 24.3 Å². The van der Waals surface area contributed by atoms with Crippen molar-refractivity contribution in [1.82, 2.24) is 0 Å². The van der Waals surface area contributed by atoms with Gasteiger partial charge in [-0.15, -0.1) is 0 Å². The molecule has 1 aliphatic rings. The molecule has 1 fully saturated rings. The van der Waals surface area contributed by atoms with Crippen molar-refractivity contribution in [3.8, 4) is 5.75 Å². The fraction of sp³-hybridized carbons (Fsp3) is 0.455. The van der Waals surface area contributed by atoms with Crippen LogP contribution in [0.5, 0.6) is 5.75 Å². The number of aliphatic hydroxyl groups excluding tert-OH is 2. The van der Waals surface area contributed by atoms with Crippen LogP contribution >= 0.6 is 18.7 Å². The third-order valence-corrected chi connectivity index (χ3v) is 6.00. The smallest absolute Gasteiger partial charge is 0.140 e. The van der Waals surface area contributed by atoms with Crippen LogP contribution < -0.4 is 4.74 Å². The molecule has 2 aromatic carbocycles. The third-order valence-electron chi connectivity index (χ3n) is 4.88. The number of aliphatic hydroxyl groups is 2. The average molecular weight is 439 g/mol. The maximum atomic E-state index is 11.8. The first kappa shape index (κ1) is 22.3. The zero-order valence-electron chi connectivity index (χ0n) is 16.8. The maximum Gasteiger partial charge on any atom is 0.140 e. The van der Waals surface area contributed by atoms with E-state index in [9.17, 15) is 14.8 Å². The van der Waals surface area contributed by atoms with Crippen molar-refractivity contribution in [2.24, 2.45) is 0 Å². The van der Waals surface area contributed by atoms with Gasteiger partial charge in [-0.1, -0.05) is 35.9 Å². The van der Waals surface area contributed by atoms with Crippen LogP contribution in [0.15, 0.2) is 42.5 Å². The molecule has 0 aromatic heterocycles. The van der Waals surface area contributed by atoms with Crippen LogP contribution in [0.2, 0.25) is 5.02 Å². The number of rotatable bonds is 7. The van der Waals surface area contributed by atoms with Crippen molar-refractivity contribution in [2.75, 3.05) is 26.3 Å². The van der Waals surface area contributed by atoms with Crippen molar-refractivity contribution in [3.05, 3.63) is 64.2 Å². The van der Waals surface area contributed by atoms with Crippen LogP contribution in [0.4, 0.5) is 0 Å². The van der Waals surface area contributed by atoms with E-state index in [0.717, 1.165) is 16.7 Å². The predicted octanol–water partition coefficient (Wildman–Crippen LogP) is 4.46. The summed E-state index contributed by atoms with van der Waals surface area (Å²) in [5, 5.41) is 20.1. The molecule has 0 saturated carbocycles. The summed E-state index contributed by atoms with van der Waals surface area (Å²) in [6, 6.07) is 13.4. The van der Waals surface area contributed by atoms with Gasteiger partial charge < -0.3 is 24.3 Å². The first-order valence-corrected chi connectivity index (χ1v) is 12.9. The second-order valence-electron chi connectivity index (χ2n) is 8.07. The SMILES string of the molecule is CP(C)(=O)COc1ccc(Cc2cc(C3CC(O)CC(CO)O3)ccc2Cl)cc1. The Bertz CT molecular complexity index is 864. The first-order valence-electron chi connectivity index (χ1n) is 9.72.